The summed E-state index contributed by atoms with van der Waals surface area (Å²) in [6.45, 7) is 0. The van der Waals surface area contributed by atoms with Crippen LogP contribution < -0.4 is 14.3 Å². The monoisotopic (exact) mass is 219 g/mol. The van der Waals surface area contributed by atoms with Gasteiger partial charge in [-0.05, 0) is 0 Å². The minimum atomic E-state index is 0.577. The maximum absolute atomic E-state index is 5.42. The predicted molar refractivity (Wildman–Crippen MR) is 56.6 cm³/mol. The summed E-state index contributed by atoms with van der Waals surface area (Å²) < 4.78 is 10.2. The van der Waals surface area contributed by atoms with E-state index in [0.717, 1.165) is 0 Å². The molecule has 0 atom stereocenters. The van der Waals surface area contributed by atoms with Gasteiger partial charge in [-0.15, -0.1) is 5.10 Å². The third kappa shape index (κ3) is 2.25. The zero-order valence-electron chi connectivity index (χ0n) is 9.01. The van der Waals surface area contributed by atoms with Crippen molar-refractivity contribution in [2.75, 3.05) is 14.2 Å². The van der Waals surface area contributed by atoms with Gasteiger partial charge in [0.1, 0.15) is 11.5 Å². The number of hydrogen-bond acceptors (Lipinski definition) is 4. The molecule has 0 fully saturated rings. The smallest absolute Gasteiger partial charge is 0.165 e. The number of hydrogen-bond donors (Lipinski definition) is 0. The first-order valence-electron chi connectivity index (χ1n) is 4.64. The topological polar surface area (TPSA) is 45.5 Å². The Morgan fingerprint density at radius 2 is 1.69 bits per heavy atom. The molecule has 0 aliphatic heterocycles. The molecule has 0 saturated heterocycles. The van der Waals surface area contributed by atoms with Gasteiger partial charge in [-0.1, -0.05) is 4.85 Å². The molecule has 2 rings (SSSR count). The van der Waals surface area contributed by atoms with Crippen LogP contribution in [0.2, 0.25) is 0 Å². The average Bonchev–Trinajstić information content (AvgIpc) is 2.81. The van der Waals surface area contributed by atoms with Crippen LogP contribution in [0.15, 0.2) is 30.6 Å². The van der Waals surface area contributed by atoms with Crippen molar-refractivity contribution in [2.45, 2.75) is 0 Å². The van der Waals surface area contributed by atoms with E-state index in [9.17, 15) is 0 Å². The van der Waals surface area contributed by atoms with Gasteiger partial charge in [0, 0.05) is 24.3 Å². The van der Waals surface area contributed by atoms with Crippen molar-refractivity contribution in [2.24, 2.45) is 0 Å². The van der Waals surface area contributed by atoms with Crippen molar-refractivity contribution in [3.05, 3.63) is 36.7 Å². The molecule has 0 saturated carbocycles. The lowest BCUT2D eigenvalue weighted by Gasteiger charge is -2.08. The zero-order valence-corrected chi connectivity index (χ0v) is 9.01. The second-order valence-electron chi connectivity index (χ2n) is 2.98. The highest BCUT2D eigenvalue weighted by atomic mass is 16.7. The Balaban J connectivity index is 2.26. The second kappa shape index (κ2) is 4.57. The molecule has 1 heterocycles. The van der Waals surface area contributed by atoms with Crippen LogP contribution in [0.3, 0.4) is 0 Å². The van der Waals surface area contributed by atoms with E-state index >= 15 is 0 Å². The average molecular weight is 219 g/mol. The van der Waals surface area contributed by atoms with E-state index in [-0.39, 0.29) is 0 Å². The van der Waals surface area contributed by atoms with E-state index < -0.39 is 0 Å². The Kier molecular flexibility index (Phi) is 2.95. The molecule has 16 heavy (non-hydrogen) atoms. The van der Waals surface area contributed by atoms with Gasteiger partial charge >= 0.3 is 0 Å². The third-order valence-electron chi connectivity index (χ3n) is 1.95. The van der Waals surface area contributed by atoms with E-state index in [1.54, 1.807) is 38.6 Å². The predicted octanol–water partition coefficient (Wildman–Crippen LogP) is 1.54. The normalized spacial score (nSPS) is 9.88. The summed E-state index contributed by atoms with van der Waals surface area (Å²) >= 11 is 0. The van der Waals surface area contributed by atoms with Crippen molar-refractivity contribution in [1.29, 1.82) is 0 Å². The molecular formula is C11H11N2O3. The Bertz CT molecular complexity index is 432. The molecule has 83 valence electrons. The first kappa shape index (κ1) is 10.4. The van der Waals surface area contributed by atoms with E-state index in [2.05, 4.69) is 11.2 Å². The lowest BCUT2D eigenvalue weighted by atomic mass is 10.3. The van der Waals surface area contributed by atoms with Gasteiger partial charge in [0.15, 0.2) is 5.75 Å². The summed E-state index contributed by atoms with van der Waals surface area (Å²) in [5, 5.41) is 3.88. The van der Waals surface area contributed by atoms with Crippen LogP contribution in [-0.2, 0) is 0 Å². The van der Waals surface area contributed by atoms with Gasteiger partial charge in [-0.25, -0.2) is 0 Å². The Hall–Kier alpha value is -2.17. The lowest BCUT2D eigenvalue weighted by Crippen LogP contribution is -2.05. The maximum Gasteiger partial charge on any atom is 0.165 e. The van der Waals surface area contributed by atoms with Gasteiger partial charge in [0.2, 0.25) is 0 Å². The highest BCUT2D eigenvalue weighted by molar-refractivity contribution is 5.41. The van der Waals surface area contributed by atoms with Gasteiger partial charge in [0.25, 0.3) is 0 Å². The van der Waals surface area contributed by atoms with Crippen LogP contribution in [0.1, 0.15) is 0 Å². The first-order chi connectivity index (χ1) is 7.81. The summed E-state index contributed by atoms with van der Waals surface area (Å²) in [6.07, 6.45) is 3.09. The SMILES string of the molecule is COc1cc(OC)cc(On2c[c]cn2)c1. The fourth-order valence-corrected chi connectivity index (χ4v) is 1.21. The molecule has 0 aliphatic carbocycles. The number of benzene rings is 1. The van der Waals surface area contributed by atoms with Crippen LogP contribution in [-0.4, -0.2) is 24.2 Å². The molecule has 1 aromatic heterocycles. The summed E-state index contributed by atoms with van der Waals surface area (Å²) in [5.41, 5.74) is 0. The van der Waals surface area contributed by atoms with Crippen LogP contribution in [0.4, 0.5) is 0 Å². The second-order valence-corrected chi connectivity index (χ2v) is 2.98. The number of aromatic nitrogens is 2. The number of nitrogens with zero attached hydrogens (tertiary/aromatic N) is 2. The van der Waals surface area contributed by atoms with Crippen LogP contribution >= 0.6 is 0 Å². The van der Waals surface area contributed by atoms with Gasteiger partial charge in [-0.3, -0.25) is 0 Å². The molecule has 0 spiro atoms. The molecule has 5 heteroatoms. The highest BCUT2D eigenvalue weighted by Crippen LogP contribution is 2.27. The summed E-state index contributed by atoms with van der Waals surface area (Å²) in [4.78, 5) is 6.72. The van der Waals surface area contributed by atoms with E-state index in [4.69, 9.17) is 14.3 Å². The van der Waals surface area contributed by atoms with Gasteiger partial charge in [0.05, 0.1) is 26.6 Å². The minimum absolute atomic E-state index is 0.577. The van der Waals surface area contributed by atoms with Crippen LogP contribution in [0.5, 0.6) is 17.2 Å². The molecular weight excluding hydrogens is 208 g/mol. The zero-order chi connectivity index (χ0) is 11.4. The molecule has 0 aliphatic rings. The molecule has 2 aromatic rings. The Morgan fingerprint density at radius 3 is 2.19 bits per heavy atom. The van der Waals surface area contributed by atoms with Gasteiger partial charge in [-0.2, -0.15) is 0 Å². The van der Waals surface area contributed by atoms with E-state index in [1.807, 2.05) is 0 Å². The summed E-state index contributed by atoms with van der Waals surface area (Å²) in [5.74, 6) is 1.89. The largest absolute Gasteiger partial charge is 0.496 e. The molecule has 1 aromatic carbocycles. The molecule has 5 nitrogen and oxygen atoms in total. The van der Waals surface area contributed by atoms with E-state index in [1.165, 1.54) is 11.0 Å². The standard InChI is InChI=1S/C11H11N2O3/c1-14-9-6-10(15-2)8-11(7-9)16-13-5-3-4-12-13/h4-8H,1-2H3. The van der Waals surface area contributed by atoms with Crippen LogP contribution in [0, 0.1) is 6.07 Å². The number of rotatable bonds is 4. The number of methoxy groups -OCH3 is 2. The van der Waals surface area contributed by atoms with Crippen LogP contribution in [0.25, 0.3) is 0 Å². The fraction of sp³-hybridized carbons (Fsp3) is 0.182. The van der Waals surface area contributed by atoms with E-state index in [0.29, 0.717) is 17.2 Å². The van der Waals surface area contributed by atoms with Crippen molar-refractivity contribution in [1.82, 2.24) is 9.94 Å². The minimum Gasteiger partial charge on any atom is -0.496 e. The van der Waals surface area contributed by atoms with Crippen molar-refractivity contribution in [3.8, 4) is 17.2 Å². The van der Waals surface area contributed by atoms with Gasteiger partial charge < -0.3 is 14.3 Å². The Morgan fingerprint density at radius 1 is 1.06 bits per heavy atom. The quantitative estimate of drug-likeness (QED) is 0.782. The fourth-order valence-electron chi connectivity index (χ4n) is 1.21. The third-order valence-corrected chi connectivity index (χ3v) is 1.95. The highest BCUT2D eigenvalue weighted by Gasteiger charge is 2.03. The molecule has 0 bridgehead atoms. The molecule has 0 amide bonds. The number of ether oxygens (including phenoxy) is 2. The summed E-state index contributed by atoms with van der Waals surface area (Å²) in [7, 11) is 3.17. The van der Waals surface area contributed by atoms with Crippen molar-refractivity contribution < 1.29 is 14.3 Å². The lowest BCUT2D eigenvalue weighted by molar-refractivity contribution is 0.177. The maximum atomic E-state index is 5.42. The molecule has 0 N–H and O–H groups in total. The Labute approximate surface area is 93.1 Å². The molecule has 0 unspecified atom stereocenters. The molecule has 1 radical (unpaired) electrons. The van der Waals surface area contributed by atoms with Crippen molar-refractivity contribution in [3.63, 3.8) is 0 Å². The van der Waals surface area contributed by atoms with Crippen molar-refractivity contribution >= 4 is 0 Å². The first-order valence-corrected chi connectivity index (χ1v) is 4.64. The summed E-state index contributed by atoms with van der Waals surface area (Å²) in [6, 6.07) is 8.02.